The molecule has 0 aliphatic carbocycles. The van der Waals surface area contributed by atoms with Crippen LogP contribution < -0.4 is 10.1 Å². The molecule has 0 aliphatic rings. The number of pyridine rings is 2. The predicted molar refractivity (Wildman–Crippen MR) is 106 cm³/mol. The van der Waals surface area contributed by atoms with Gasteiger partial charge in [0.2, 0.25) is 0 Å². The molecule has 0 amide bonds. The smallest absolute Gasteiger partial charge is 0.354 e. The third-order valence-corrected chi connectivity index (χ3v) is 4.80. The molecular formula is C21H15ClN3O4+. The van der Waals surface area contributed by atoms with Crippen molar-refractivity contribution < 1.29 is 19.6 Å². The molecule has 0 saturated carbocycles. The number of aromatic carboxylic acids is 1. The van der Waals surface area contributed by atoms with Crippen LogP contribution in [0.25, 0.3) is 16.8 Å². The van der Waals surface area contributed by atoms with Crippen LogP contribution in [0.15, 0.2) is 71.8 Å². The van der Waals surface area contributed by atoms with Gasteiger partial charge in [-0.15, -0.1) is 0 Å². The van der Waals surface area contributed by atoms with E-state index in [-0.39, 0.29) is 23.6 Å². The molecule has 144 valence electrons. The Morgan fingerprint density at radius 3 is 2.52 bits per heavy atom. The van der Waals surface area contributed by atoms with E-state index in [0.29, 0.717) is 16.4 Å². The van der Waals surface area contributed by atoms with Crippen molar-refractivity contribution in [2.24, 2.45) is 0 Å². The third-order valence-electron chi connectivity index (χ3n) is 4.58. The molecule has 1 aromatic carbocycles. The zero-order valence-electron chi connectivity index (χ0n) is 15.0. The number of carbonyl (C=O) groups is 1. The van der Waals surface area contributed by atoms with Crippen LogP contribution in [0.3, 0.4) is 0 Å². The van der Waals surface area contributed by atoms with Crippen LogP contribution in [-0.4, -0.2) is 25.6 Å². The fourth-order valence-electron chi connectivity index (χ4n) is 3.16. The summed E-state index contributed by atoms with van der Waals surface area (Å²) in [7, 11) is 0. The molecule has 0 saturated heterocycles. The minimum atomic E-state index is -1.07. The SMILES string of the molecule is O=C(O)c1ccc(-c2c(O)[n+](Cc3ccc(Cl)nc3)c3ccccn3c2=O)cc1. The molecule has 0 radical (unpaired) electrons. The maximum Gasteiger partial charge on any atom is 0.354 e. The lowest BCUT2D eigenvalue weighted by Crippen LogP contribution is -2.41. The fraction of sp³-hybridized carbons (Fsp3) is 0.0476. The van der Waals surface area contributed by atoms with Crippen molar-refractivity contribution in [1.82, 2.24) is 9.38 Å². The monoisotopic (exact) mass is 408 g/mol. The molecular weight excluding hydrogens is 394 g/mol. The number of hydrogen-bond acceptors (Lipinski definition) is 4. The highest BCUT2D eigenvalue weighted by Gasteiger charge is 2.25. The Labute approximate surface area is 169 Å². The van der Waals surface area contributed by atoms with E-state index in [1.807, 2.05) is 0 Å². The minimum absolute atomic E-state index is 0.0764. The second kappa shape index (κ2) is 7.37. The average molecular weight is 409 g/mol. The fourth-order valence-corrected chi connectivity index (χ4v) is 3.27. The summed E-state index contributed by atoms with van der Waals surface area (Å²) in [6, 6.07) is 14.4. The number of benzene rings is 1. The maximum absolute atomic E-state index is 13.1. The van der Waals surface area contributed by atoms with E-state index in [2.05, 4.69) is 4.98 Å². The van der Waals surface area contributed by atoms with Gasteiger partial charge in [0, 0.05) is 17.8 Å². The number of carboxylic acids is 1. The second-order valence-electron chi connectivity index (χ2n) is 6.39. The number of halogens is 1. The molecule has 0 unspecified atom stereocenters. The normalized spacial score (nSPS) is 10.9. The molecule has 8 heteroatoms. The van der Waals surface area contributed by atoms with Crippen molar-refractivity contribution in [2.45, 2.75) is 6.54 Å². The summed E-state index contributed by atoms with van der Waals surface area (Å²) in [5.74, 6) is -1.29. The molecule has 4 aromatic rings. The summed E-state index contributed by atoms with van der Waals surface area (Å²) >= 11 is 5.85. The van der Waals surface area contributed by atoms with Gasteiger partial charge in [-0.25, -0.2) is 14.6 Å². The van der Waals surface area contributed by atoms with E-state index in [1.54, 1.807) is 47.3 Å². The standard InChI is InChI=1S/C21H14ClN3O4/c22-16-9-4-13(11-23-16)12-25-17-3-1-2-10-24(17)19(26)18(20(25)27)14-5-7-15(8-6-14)21(28)29/h1-11H,12H2,(H-,26,27,28,29)/p+1. The average Bonchev–Trinajstić information content (AvgIpc) is 2.73. The summed E-state index contributed by atoms with van der Waals surface area (Å²) in [4.78, 5) is 28.2. The Hall–Kier alpha value is -3.71. The van der Waals surface area contributed by atoms with Gasteiger partial charge in [-0.05, 0) is 29.8 Å². The van der Waals surface area contributed by atoms with E-state index >= 15 is 0 Å². The van der Waals surface area contributed by atoms with Crippen molar-refractivity contribution in [3.63, 3.8) is 0 Å². The summed E-state index contributed by atoms with van der Waals surface area (Å²) in [6.45, 7) is 0.254. The van der Waals surface area contributed by atoms with Crippen LogP contribution in [0, 0.1) is 0 Å². The summed E-state index contributed by atoms with van der Waals surface area (Å²) in [6.07, 6.45) is 3.21. The Morgan fingerprint density at radius 2 is 1.86 bits per heavy atom. The first-order chi connectivity index (χ1) is 14.0. The highest BCUT2D eigenvalue weighted by molar-refractivity contribution is 6.29. The molecule has 0 bridgehead atoms. The molecule has 0 fully saturated rings. The number of aromatic nitrogens is 3. The van der Waals surface area contributed by atoms with Crippen molar-refractivity contribution in [1.29, 1.82) is 0 Å². The van der Waals surface area contributed by atoms with Crippen LogP contribution in [0.5, 0.6) is 5.88 Å². The minimum Gasteiger partial charge on any atom is -0.478 e. The van der Waals surface area contributed by atoms with E-state index in [0.717, 1.165) is 5.56 Å². The molecule has 2 N–H and O–H groups in total. The topological polar surface area (TPSA) is 95.8 Å². The van der Waals surface area contributed by atoms with Gasteiger partial charge < -0.3 is 10.2 Å². The largest absolute Gasteiger partial charge is 0.478 e. The number of rotatable bonds is 4. The Morgan fingerprint density at radius 1 is 1.10 bits per heavy atom. The molecule has 7 nitrogen and oxygen atoms in total. The van der Waals surface area contributed by atoms with Gasteiger partial charge in [-0.3, -0.25) is 0 Å². The van der Waals surface area contributed by atoms with Crippen LogP contribution in [0.2, 0.25) is 5.15 Å². The molecule has 3 heterocycles. The molecule has 0 spiro atoms. The van der Waals surface area contributed by atoms with Crippen molar-refractivity contribution in [2.75, 3.05) is 0 Å². The van der Waals surface area contributed by atoms with Gasteiger partial charge >= 0.3 is 11.5 Å². The third kappa shape index (κ3) is 3.43. The lowest BCUT2D eigenvalue weighted by molar-refractivity contribution is -0.671. The van der Waals surface area contributed by atoms with E-state index in [4.69, 9.17) is 16.7 Å². The predicted octanol–water partition coefficient (Wildman–Crippen LogP) is 2.75. The maximum atomic E-state index is 13.1. The van der Waals surface area contributed by atoms with Gasteiger partial charge in [0.1, 0.15) is 11.7 Å². The van der Waals surface area contributed by atoms with Crippen LogP contribution >= 0.6 is 11.6 Å². The number of nitrogens with zero attached hydrogens (tertiary/aromatic N) is 3. The first-order valence-corrected chi connectivity index (χ1v) is 9.04. The second-order valence-corrected chi connectivity index (χ2v) is 6.78. The lowest BCUT2D eigenvalue weighted by Gasteiger charge is -2.10. The van der Waals surface area contributed by atoms with Crippen LogP contribution in [-0.2, 0) is 6.54 Å². The van der Waals surface area contributed by atoms with Crippen LogP contribution in [0.4, 0.5) is 0 Å². The van der Waals surface area contributed by atoms with Gasteiger partial charge in [-0.1, -0.05) is 35.9 Å². The van der Waals surface area contributed by atoms with Gasteiger partial charge in [-0.2, -0.15) is 8.97 Å². The molecule has 29 heavy (non-hydrogen) atoms. The van der Waals surface area contributed by atoms with Gasteiger partial charge in [0.05, 0.1) is 11.8 Å². The number of carboxylic acid groups (broad SMARTS) is 1. The summed E-state index contributed by atoms with van der Waals surface area (Å²) in [5, 5.41) is 20.4. The zero-order valence-corrected chi connectivity index (χ0v) is 15.7. The number of fused-ring (bicyclic) bond motifs is 1. The molecule has 4 rings (SSSR count). The summed E-state index contributed by atoms with van der Waals surface area (Å²) < 4.78 is 3.02. The molecule has 0 atom stereocenters. The van der Waals surface area contributed by atoms with Gasteiger partial charge in [0.15, 0.2) is 5.56 Å². The van der Waals surface area contributed by atoms with Crippen molar-refractivity contribution >= 4 is 23.2 Å². The van der Waals surface area contributed by atoms with Crippen LogP contribution in [0.1, 0.15) is 15.9 Å². The highest BCUT2D eigenvalue weighted by atomic mass is 35.5. The van der Waals surface area contributed by atoms with Crippen molar-refractivity contribution in [3.8, 4) is 17.0 Å². The Kier molecular flexibility index (Phi) is 4.74. The number of hydrogen-bond donors (Lipinski definition) is 2. The highest BCUT2D eigenvalue weighted by Crippen LogP contribution is 2.24. The zero-order chi connectivity index (χ0) is 20.5. The number of aromatic hydroxyl groups is 1. The van der Waals surface area contributed by atoms with E-state index < -0.39 is 11.5 Å². The van der Waals surface area contributed by atoms with E-state index in [1.165, 1.54) is 28.7 Å². The quantitative estimate of drug-likeness (QED) is 0.400. The molecule has 0 aliphatic heterocycles. The first kappa shape index (κ1) is 18.6. The Balaban J connectivity index is 1.94. The lowest BCUT2D eigenvalue weighted by atomic mass is 10.1. The Bertz CT molecular complexity index is 1280. The van der Waals surface area contributed by atoms with E-state index in [9.17, 15) is 14.7 Å². The van der Waals surface area contributed by atoms with Crippen molar-refractivity contribution in [3.05, 3.63) is 93.6 Å². The first-order valence-electron chi connectivity index (χ1n) is 8.66. The van der Waals surface area contributed by atoms with Gasteiger partial charge in [0.25, 0.3) is 11.5 Å². The molecule has 3 aromatic heterocycles. The summed E-state index contributed by atoms with van der Waals surface area (Å²) in [5.41, 5.74) is 1.45.